The Labute approximate surface area is 204 Å². The van der Waals surface area contributed by atoms with E-state index in [1.165, 1.54) is 0 Å². The molecule has 3 rings (SSSR count). The molecular formula is C25H29ClN4O4. The minimum absolute atomic E-state index is 0.0339. The number of nitrogens with zero attached hydrogens (tertiary/aromatic N) is 2. The molecule has 8 nitrogen and oxygen atoms in total. The summed E-state index contributed by atoms with van der Waals surface area (Å²) in [4.78, 5) is 39.9. The molecule has 0 radical (unpaired) electrons. The average molecular weight is 485 g/mol. The summed E-state index contributed by atoms with van der Waals surface area (Å²) in [6.07, 6.45) is 2.18. The molecule has 1 unspecified atom stereocenters. The molecular weight excluding hydrogens is 456 g/mol. The first-order valence-corrected chi connectivity index (χ1v) is 11.7. The minimum atomic E-state index is -0.685. The van der Waals surface area contributed by atoms with Crippen molar-refractivity contribution in [1.29, 1.82) is 5.26 Å². The summed E-state index contributed by atoms with van der Waals surface area (Å²) in [5.74, 6) is -1.43. The third-order valence-electron chi connectivity index (χ3n) is 5.92. The zero-order valence-electron chi connectivity index (χ0n) is 19.4. The maximum Gasteiger partial charge on any atom is 0.336 e. The molecule has 2 aliphatic heterocycles. The lowest BCUT2D eigenvalue weighted by atomic mass is 9.80. The smallest absolute Gasteiger partial charge is 0.336 e. The second kappa shape index (κ2) is 11.7. The summed E-state index contributed by atoms with van der Waals surface area (Å²) in [6, 6.07) is 8.99. The van der Waals surface area contributed by atoms with E-state index in [0.717, 1.165) is 13.0 Å². The standard InChI is InChI=1S/C25H29ClN4O4/c1-16-21(24(32)28-11-6-13-30-12-4-9-20(30)31)23(18-7-3-8-19(26)15-18)22(17(2)29-16)25(33)34-14-5-10-27/h3,7-8,15,23,29H,4-6,9,11-14H2,1-2H3,(H,28,32). The molecule has 0 aliphatic carbocycles. The number of likely N-dealkylation sites (tertiary alicyclic amines) is 1. The zero-order valence-corrected chi connectivity index (χ0v) is 20.2. The number of ether oxygens (including phenoxy) is 1. The van der Waals surface area contributed by atoms with Crippen LogP contribution in [0.4, 0.5) is 0 Å². The first-order chi connectivity index (χ1) is 16.3. The van der Waals surface area contributed by atoms with Gasteiger partial charge in [0.25, 0.3) is 0 Å². The van der Waals surface area contributed by atoms with E-state index in [1.807, 2.05) is 17.0 Å². The molecule has 0 bridgehead atoms. The van der Waals surface area contributed by atoms with Crippen LogP contribution in [0.2, 0.25) is 5.02 Å². The molecule has 1 aromatic rings. The Hall–Kier alpha value is -3.31. The predicted octanol–water partition coefficient (Wildman–Crippen LogP) is 3.16. The number of rotatable bonds is 9. The number of carbonyl (C=O) groups excluding carboxylic acids is 3. The molecule has 2 heterocycles. The van der Waals surface area contributed by atoms with Crippen LogP contribution in [0.15, 0.2) is 46.8 Å². The Bertz CT molecular complexity index is 1070. The molecule has 9 heteroatoms. The highest BCUT2D eigenvalue weighted by Gasteiger charge is 2.37. The van der Waals surface area contributed by atoms with Gasteiger partial charge in [0, 0.05) is 48.0 Å². The molecule has 34 heavy (non-hydrogen) atoms. The van der Waals surface area contributed by atoms with Gasteiger partial charge in [-0.2, -0.15) is 5.26 Å². The van der Waals surface area contributed by atoms with E-state index >= 15 is 0 Å². The number of allylic oxidation sites excluding steroid dienone is 2. The number of hydrogen-bond donors (Lipinski definition) is 2. The van der Waals surface area contributed by atoms with Gasteiger partial charge in [0.1, 0.15) is 6.61 Å². The van der Waals surface area contributed by atoms with Crippen LogP contribution in [0.1, 0.15) is 51.0 Å². The average Bonchev–Trinajstić information content (AvgIpc) is 3.20. The van der Waals surface area contributed by atoms with E-state index in [4.69, 9.17) is 21.6 Å². The molecule has 0 spiro atoms. The van der Waals surface area contributed by atoms with Crippen molar-refractivity contribution in [3.63, 3.8) is 0 Å². The lowest BCUT2D eigenvalue weighted by molar-refractivity contribution is -0.139. The Morgan fingerprint density at radius 3 is 2.74 bits per heavy atom. The van der Waals surface area contributed by atoms with Crippen LogP contribution >= 0.6 is 11.6 Å². The van der Waals surface area contributed by atoms with Crippen molar-refractivity contribution in [3.8, 4) is 6.07 Å². The van der Waals surface area contributed by atoms with E-state index in [1.54, 1.807) is 32.0 Å². The molecule has 1 fully saturated rings. The molecule has 2 N–H and O–H groups in total. The zero-order chi connectivity index (χ0) is 24.7. The van der Waals surface area contributed by atoms with Crippen molar-refractivity contribution >= 4 is 29.4 Å². The Balaban J connectivity index is 1.82. The topological polar surface area (TPSA) is 112 Å². The fourth-order valence-electron chi connectivity index (χ4n) is 4.36. The highest BCUT2D eigenvalue weighted by atomic mass is 35.5. The molecule has 0 saturated carbocycles. The Morgan fingerprint density at radius 2 is 2.06 bits per heavy atom. The van der Waals surface area contributed by atoms with Crippen molar-refractivity contribution in [2.75, 3.05) is 26.2 Å². The summed E-state index contributed by atoms with van der Waals surface area (Å²) in [7, 11) is 0. The van der Waals surface area contributed by atoms with Crippen molar-refractivity contribution < 1.29 is 19.1 Å². The number of hydrogen-bond acceptors (Lipinski definition) is 6. The Morgan fingerprint density at radius 1 is 1.29 bits per heavy atom. The van der Waals surface area contributed by atoms with Gasteiger partial charge in [0.15, 0.2) is 0 Å². The molecule has 1 aromatic carbocycles. The number of nitriles is 1. The quantitative estimate of drug-likeness (QED) is 0.411. The van der Waals surface area contributed by atoms with E-state index < -0.39 is 11.9 Å². The molecule has 1 atom stereocenters. The second-order valence-electron chi connectivity index (χ2n) is 8.33. The van der Waals surface area contributed by atoms with Crippen LogP contribution < -0.4 is 10.6 Å². The van der Waals surface area contributed by atoms with Crippen LogP contribution in [-0.2, 0) is 19.1 Å². The number of carbonyl (C=O) groups is 3. The minimum Gasteiger partial charge on any atom is -0.461 e. The van der Waals surface area contributed by atoms with Crippen molar-refractivity contribution in [1.82, 2.24) is 15.5 Å². The summed E-state index contributed by atoms with van der Waals surface area (Å²) < 4.78 is 5.32. The van der Waals surface area contributed by atoms with E-state index in [0.29, 0.717) is 59.1 Å². The van der Waals surface area contributed by atoms with E-state index in [9.17, 15) is 14.4 Å². The first kappa shape index (κ1) is 25.3. The molecule has 180 valence electrons. The third kappa shape index (κ3) is 5.97. The fourth-order valence-corrected chi connectivity index (χ4v) is 4.56. The lowest BCUT2D eigenvalue weighted by Gasteiger charge is -2.31. The lowest BCUT2D eigenvalue weighted by Crippen LogP contribution is -2.37. The summed E-state index contributed by atoms with van der Waals surface area (Å²) >= 11 is 6.24. The highest BCUT2D eigenvalue weighted by Crippen LogP contribution is 2.39. The van der Waals surface area contributed by atoms with Gasteiger partial charge in [0.2, 0.25) is 11.8 Å². The maximum atomic E-state index is 13.3. The summed E-state index contributed by atoms with van der Waals surface area (Å²) in [5.41, 5.74) is 2.60. The molecule has 0 aromatic heterocycles. The van der Waals surface area contributed by atoms with Crippen LogP contribution in [0.25, 0.3) is 0 Å². The van der Waals surface area contributed by atoms with Crippen LogP contribution in [0.3, 0.4) is 0 Å². The van der Waals surface area contributed by atoms with Gasteiger partial charge in [-0.25, -0.2) is 4.79 Å². The van der Waals surface area contributed by atoms with E-state index in [-0.39, 0.29) is 24.8 Å². The van der Waals surface area contributed by atoms with Gasteiger partial charge in [-0.3, -0.25) is 9.59 Å². The number of amides is 2. The van der Waals surface area contributed by atoms with Crippen LogP contribution in [0, 0.1) is 11.3 Å². The van der Waals surface area contributed by atoms with Gasteiger partial charge < -0.3 is 20.3 Å². The van der Waals surface area contributed by atoms with Gasteiger partial charge in [-0.1, -0.05) is 23.7 Å². The molecule has 1 saturated heterocycles. The first-order valence-electron chi connectivity index (χ1n) is 11.4. The SMILES string of the molecule is CC1=C(C(=O)NCCCN2CCCC2=O)C(c2cccc(Cl)c2)C(C(=O)OCCC#N)=C(C)N1. The number of halogens is 1. The third-order valence-corrected chi connectivity index (χ3v) is 6.15. The van der Waals surface area contributed by atoms with Crippen molar-refractivity contribution in [3.05, 3.63) is 57.4 Å². The largest absolute Gasteiger partial charge is 0.461 e. The predicted molar refractivity (Wildman–Crippen MR) is 127 cm³/mol. The highest BCUT2D eigenvalue weighted by molar-refractivity contribution is 6.30. The number of dihydropyridines is 1. The normalized spacial score (nSPS) is 18.0. The van der Waals surface area contributed by atoms with Crippen molar-refractivity contribution in [2.24, 2.45) is 0 Å². The number of benzene rings is 1. The van der Waals surface area contributed by atoms with Crippen LogP contribution in [-0.4, -0.2) is 48.9 Å². The molecule has 2 amide bonds. The van der Waals surface area contributed by atoms with Gasteiger partial charge >= 0.3 is 5.97 Å². The Kier molecular flexibility index (Phi) is 8.72. The van der Waals surface area contributed by atoms with Gasteiger partial charge in [0.05, 0.1) is 24.0 Å². The summed E-state index contributed by atoms with van der Waals surface area (Å²) in [5, 5.41) is 15.3. The molecule has 2 aliphatic rings. The second-order valence-corrected chi connectivity index (χ2v) is 8.76. The fraction of sp³-hybridized carbons (Fsp3) is 0.440. The van der Waals surface area contributed by atoms with Crippen LogP contribution in [0.5, 0.6) is 0 Å². The monoisotopic (exact) mass is 484 g/mol. The maximum absolute atomic E-state index is 13.3. The summed E-state index contributed by atoms with van der Waals surface area (Å²) in [6.45, 7) is 5.27. The van der Waals surface area contributed by atoms with Gasteiger partial charge in [-0.15, -0.1) is 0 Å². The van der Waals surface area contributed by atoms with E-state index in [2.05, 4.69) is 10.6 Å². The number of esters is 1. The number of nitrogens with one attached hydrogen (secondary N) is 2. The van der Waals surface area contributed by atoms with Gasteiger partial charge in [-0.05, 0) is 44.4 Å². The van der Waals surface area contributed by atoms with Crippen molar-refractivity contribution in [2.45, 2.75) is 45.4 Å².